The fourth-order valence-corrected chi connectivity index (χ4v) is 2.93. The summed E-state index contributed by atoms with van der Waals surface area (Å²) in [6.07, 6.45) is 5.77. The third-order valence-corrected chi connectivity index (χ3v) is 3.36. The molecular weight excluding hydrogens is 327 g/mol. The molecular formula is C10H20ClIOSi. The molecule has 0 amide bonds. The molecule has 0 aromatic rings. The highest BCUT2D eigenvalue weighted by atomic mass is 127. The van der Waals surface area contributed by atoms with Gasteiger partial charge in [-0.25, -0.2) is 0 Å². The van der Waals surface area contributed by atoms with Gasteiger partial charge in [-0.2, -0.15) is 0 Å². The molecule has 0 radical (unpaired) electrons. The first-order valence-corrected chi connectivity index (χ1v) is 10.2. The number of hydrogen-bond donors (Lipinski definition) is 0. The van der Waals surface area contributed by atoms with Gasteiger partial charge >= 0.3 is 0 Å². The summed E-state index contributed by atoms with van der Waals surface area (Å²) < 4.78 is 8.07. The molecule has 0 fully saturated rings. The van der Waals surface area contributed by atoms with Gasteiger partial charge in [-0.05, 0) is 43.0 Å². The molecule has 0 aliphatic carbocycles. The van der Waals surface area contributed by atoms with Crippen LogP contribution >= 0.6 is 34.2 Å². The summed E-state index contributed by atoms with van der Waals surface area (Å²) in [7, 11) is -1.41. The van der Waals surface area contributed by atoms with Crippen molar-refractivity contribution in [2.45, 2.75) is 45.0 Å². The summed E-state index contributed by atoms with van der Waals surface area (Å²) in [4.78, 5) is 0. The molecule has 0 spiro atoms. The monoisotopic (exact) mass is 346 g/mol. The van der Waals surface area contributed by atoms with Crippen LogP contribution in [0, 0.1) is 0 Å². The van der Waals surface area contributed by atoms with E-state index in [2.05, 4.69) is 48.3 Å². The summed E-state index contributed by atoms with van der Waals surface area (Å²) in [5.41, 5.74) is 0. The molecule has 0 saturated heterocycles. The molecule has 84 valence electrons. The van der Waals surface area contributed by atoms with Crippen molar-refractivity contribution in [2.75, 3.05) is 5.88 Å². The molecule has 0 aliphatic rings. The predicted molar refractivity (Wildman–Crippen MR) is 76.0 cm³/mol. The molecule has 0 saturated carbocycles. The number of alkyl halides is 1. The lowest BCUT2D eigenvalue weighted by Gasteiger charge is -2.24. The van der Waals surface area contributed by atoms with Gasteiger partial charge in [0.25, 0.3) is 0 Å². The second-order valence-corrected chi connectivity index (χ2v) is 9.83. The standard InChI is InChI=1S/C10H20ClIOSi/c1-14(2,3)13-10(7-9-12)6-4-5-8-11/h7,9-10H,4-6,8H2,1-3H3/b9-7+/t10-/m0/s1. The van der Waals surface area contributed by atoms with Gasteiger partial charge in [-0.15, -0.1) is 11.6 Å². The van der Waals surface area contributed by atoms with Crippen LogP contribution in [-0.4, -0.2) is 20.3 Å². The van der Waals surface area contributed by atoms with Crippen LogP contribution in [0.3, 0.4) is 0 Å². The Bertz CT molecular complexity index is 168. The highest BCUT2D eigenvalue weighted by Crippen LogP contribution is 2.14. The minimum absolute atomic E-state index is 0.293. The summed E-state index contributed by atoms with van der Waals surface area (Å²) in [6, 6.07) is 0. The van der Waals surface area contributed by atoms with Crippen LogP contribution in [-0.2, 0) is 4.43 Å². The number of halogens is 2. The zero-order chi connectivity index (χ0) is 11.0. The molecule has 0 rings (SSSR count). The Kier molecular flexibility index (Phi) is 8.68. The maximum absolute atomic E-state index is 6.03. The molecule has 1 nitrogen and oxygen atoms in total. The third kappa shape index (κ3) is 9.49. The van der Waals surface area contributed by atoms with E-state index < -0.39 is 8.32 Å². The van der Waals surface area contributed by atoms with Crippen molar-refractivity contribution in [3.05, 3.63) is 10.2 Å². The van der Waals surface area contributed by atoms with Crippen LogP contribution < -0.4 is 0 Å². The topological polar surface area (TPSA) is 9.23 Å². The first-order valence-electron chi connectivity index (χ1n) is 5.00. The Morgan fingerprint density at radius 2 is 2.00 bits per heavy atom. The van der Waals surface area contributed by atoms with Crippen molar-refractivity contribution in [1.82, 2.24) is 0 Å². The van der Waals surface area contributed by atoms with Gasteiger partial charge < -0.3 is 4.43 Å². The summed E-state index contributed by atoms with van der Waals surface area (Å²) in [5, 5.41) is 0. The first kappa shape index (κ1) is 14.9. The van der Waals surface area contributed by atoms with Crippen LogP contribution in [0.1, 0.15) is 19.3 Å². The van der Waals surface area contributed by atoms with E-state index in [1.165, 1.54) is 0 Å². The Morgan fingerprint density at radius 1 is 1.36 bits per heavy atom. The van der Waals surface area contributed by atoms with Gasteiger partial charge in [0.2, 0.25) is 0 Å². The fourth-order valence-electron chi connectivity index (χ4n) is 1.17. The van der Waals surface area contributed by atoms with E-state index in [4.69, 9.17) is 16.0 Å². The second-order valence-electron chi connectivity index (χ2n) is 4.27. The molecule has 0 aromatic carbocycles. The maximum atomic E-state index is 6.03. The van der Waals surface area contributed by atoms with E-state index in [-0.39, 0.29) is 0 Å². The summed E-state index contributed by atoms with van der Waals surface area (Å²) in [6.45, 7) is 6.67. The van der Waals surface area contributed by atoms with Gasteiger partial charge in [0.15, 0.2) is 8.32 Å². The highest BCUT2D eigenvalue weighted by Gasteiger charge is 2.18. The Labute approximate surface area is 108 Å². The van der Waals surface area contributed by atoms with Crippen LogP contribution in [0.15, 0.2) is 10.2 Å². The van der Waals surface area contributed by atoms with Crippen molar-refractivity contribution in [3.8, 4) is 0 Å². The lowest BCUT2D eigenvalue weighted by Crippen LogP contribution is -2.31. The van der Waals surface area contributed by atoms with Crippen LogP contribution in [0.4, 0.5) is 0 Å². The lowest BCUT2D eigenvalue weighted by atomic mass is 10.2. The van der Waals surface area contributed by atoms with Crippen LogP contribution in [0.2, 0.25) is 19.6 Å². The second kappa shape index (κ2) is 8.13. The number of hydrogen-bond acceptors (Lipinski definition) is 1. The molecule has 1 atom stereocenters. The maximum Gasteiger partial charge on any atom is 0.184 e. The minimum Gasteiger partial charge on any atom is -0.411 e. The van der Waals surface area contributed by atoms with E-state index in [1.54, 1.807) is 0 Å². The van der Waals surface area contributed by atoms with Crippen LogP contribution in [0.5, 0.6) is 0 Å². The predicted octanol–water partition coefficient (Wildman–Crippen LogP) is 4.56. The fraction of sp³-hybridized carbons (Fsp3) is 0.800. The van der Waals surface area contributed by atoms with Crippen molar-refractivity contribution >= 4 is 42.5 Å². The van der Waals surface area contributed by atoms with E-state index >= 15 is 0 Å². The normalized spacial score (nSPS) is 14.9. The zero-order valence-corrected chi connectivity index (χ0v) is 13.1. The van der Waals surface area contributed by atoms with E-state index in [1.807, 2.05) is 4.08 Å². The summed E-state index contributed by atoms with van der Waals surface area (Å²) >= 11 is 7.89. The molecule has 0 unspecified atom stereocenters. The van der Waals surface area contributed by atoms with Gasteiger partial charge in [0, 0.05) is 5.88 Å². The first-order chi connectivity index (χ1) is 6.49. The summed E-state index contributed by atoms with van der Waals surface area (Å²) in [5.74, 6) is 0.758. The van der Waals surface area contributed by atoms with Crippen LogP contribution in [0.25, 0.3) is 0 Å². The molecule has 0 aromatic heterocycles. The Balaban J connectivity index is 3.90. The number of rotatable bonds is 7. The average Bonchev–Trinajstić information content (AvgIpc) is 2.02. The van der Waals surface area contributed by atoms with Gasteiger partial charge in [-0.1, -0.05) is 28.7 Å². The lowest BCUT2D eigenvalue weighted by molar-refractivity contribution is 0.228. The Morgan fingerprint density at radius 3 is 2.43 bits per heavy atom. The number of unbranched alkanes of at least 4 members (excludes halogenated alkanes) is 1. The van der Waals surface area contributed by atoms with E-state index in [0.717, 1.165) is 25.1 Å². The third-order valence-electron chi connectivity index (χ3n) is 1.66. The average molecular weight is 347 g/mol. The molecule has 0 bridgehead atoms. The highest BCUT2D eigenvalue weighted by molar-refractivity contribution is 14.1. The van der Waals surface area contributed by atoms with Crippen molar-refractivity contribution in [1.29, 1.82) is 0 Å². The minimum atomic E-state index is -1.41. The molecule has 0 heterocycles. The SMILES string of the molecule is C[Si](C)(C)O[C@H](/C=C/I)CCCCCl. The van der Waals surface area contributed by atoms with Gasteiger partial charge in [-0.3, -0.25) is 0 Å². The zero-order valence-electron chi connectivity index (χ0n) is 9.22. The molecule has 4 heteroatoms. The van der Waals surface area contributed by atoms with Gasteiger partial charge in [0.05, 0.1) is 6.10 Å². The molecule has 14 heavy (non-hydrogen) atoms. The van der Waals surface area contributed by atoms with Crippen molar-refractivity contribution < 1.29 is 4.43 Å². The Hall–Kier alpha value is 0.937. The molecule has 0 N–H and O–H groups in total. The quantitative estimate of drug-likeness (QED) is 0.284. The largest absolute Gasteiger partial charge is 0.411 e. The molecule has 0 aliphatic heterocycles. The van der Waals surface area contributed by atoms with Gasteiger partial charge in [0.1, 0.15) is 0 Å². The smallest absolute Gasteiger partial charge is 0.184 e. The van der Waals surface area contributed by atoms with E-state index in [0.29, 0.717) is 6.10 Å². The van der Waals surface area contributed by atoms with Crippen molar-refractivity contribution in [3.63, 3.8) is 0 Å². The van der Waals surface area contributed by atoms with Crippen molar-refractivity contribution in [2.24, 2.45) is 0 Å². The van der Waals surface area contributed by atoms with E-state index in [9.17, 15) is 0 Å².